The minimum Gasteiger partial charge on any atom is -0.361 e. The van der Waals surface area contributed by atoms with Gasteiger partial charge < -0.3 is 4.52 Å². The molecule has 0 bridgehead atoms. The van der Waals surface area contributed by atoms with E-state index < -0.39 is 0 Å². The molecule has 0 amide bonds. The Morgan fingerprint density at radius 2 is 1.95 bits per heavy atom. The predicted octanol–water partition coefficient (Wildman–Crippen LogP) is 1.19. The van der Waals surface area contributed by atoms with Crippen LogP contribution < -0.4 is 0 Å². The lowest BCUT2D eigenvalue weighted by atomic mass is 10.0. The number of likely N-dealkylation sites (tertiary alicyclic amines) is 1. The molecule has 1 aromatic rings. The van der Waals surface area contributed by atoms with Crippen molar-refractivity contribution in [3.05, 3.63) is 17.5 Å². The molecule has 3 rings (SSSR count). The summed E-state index contributed by atoms with van der Waals surface area (Å²) in [6.45, 7) is 14.8. The maximum atomic E-state index is 5.12. The Labute approximate surface area is 121 Å². The summed E-state index contributed by atoms with van der Waals surface area (Å²) in [5, 5.41) is 3.85. The van der Waals surface area contributed by atoms with Gasteiger partial charge in [0.2, 0.25) is 0 Å². The molecule has 20 heavy (non-hydrogen) atoms. The first-order chi connectivity index (χ1) is 9.63. The smallest absolute Gasteiger partial charge is 0.138 e. The average Bonchev–Trinajstić information content (AvgIpc) is 2.79. The quantitative estimate of drug-likeness (QED) is 0.827. The van der Waals surface area contributed by atoms with Gasteiger partial charge in [0, 0.05) is 63.5 Å². The van der Waals surface area contributed by atoms with Gasteiger partial charge >= 0.3 is 0 Å². The highest BCUT2D eigenvalue weighted by Crippen LogP contribution is 2.21. The van der Waals surface area contributed by atoms with Crippen molar-refractivity contribution in [1.82, 2.24) is 19.9 Å². The second kappa shape index (κ2) is 5.84. The van der Waals surface area contributed by atoms with Crippen LogP contribution in [0.1, 0.15) is 25.2 Å². The standard InChI is InChI=1S/C15H26N4O/c1-12(2)18-4-6-19(7-5-18)15-10-17(11-15)9-14-8-16-20-13(14)3/h8,12,15H,4-7,9-11H2,1-3H3. The summed E-state index contributed by atoms with van der Waals surface area (Å²) in [4.78, 5) is 7.72. The van der Waals surface area contributed by atoms with Crippen molar-refractivity contribution in [2.45, 2.75) is 39.4 Å². The lowest BCUT2D eigenvalue weighted by Gasteiger charge is -2.48. The van der Waals surface area contributed by atoms with Crippen molar-refractivity contribution >= 4 is 0 Å². The number of aryl methyl sites for hydroxylation is 1. The Bertz CT molecular complexity index is 431. The third kappa shape index (κ3) is 2.90. The van der Waals surface area contributed by atoms with Crippen LogP contribution in [0.15, 0.2) is 10.7 Å². The zero-order chi connectivity index (χ0) is 14.1. The van der Waals surface area contributed by atoms with E-state index >= 15 is 0 Å². The zero-order valence-corrected chi connectivity index (χ0v) is 12.9. The number of nitrogens with zero attached hydrogens (tertiary/aromatic N) is 4. The third-order valence-electron chi connectivity index (χ3n) is 4.78. The molecule has 0 spiro atoms. The highest BCUT2D eigenvalue weighted by molar-refractivity contribution is 5.12. The number of rotatable bonds is 4. The first kappa shape index (κ1) is 14.0. The van der Waals surface area contributed by atoms with Gasteiger partial charge in [-0.25, -0.2) is 0 Å². The zero-order valence-electron chi connectivity index (χ0n) is 12.9. The van der Waals surface area contributed by atoms with Gasteiger partial charge in [0.05, 0.1) is 6.20 Å². The van der Waals surface area contributed by atoms with Gasteiger partial charge in [-0.3, -0.25) is 14.7 Å². The van der Waals surface area contributed by atoms with Crippen LogP contribution in [0.25, 0.3) is 0 Å². The van der Waals surface area contributed by atoms with Crippen LogP contribution in [0.2, 0.25) is 0 Å². The maximum absolute atomic E-state index is 5.12. The highest BCUT2D eigenvalue weighted by Gasteiger charge is 2.33. The molecule has 2 saturated heterocycles. The second-order valence-electron chi connectivity index (χ2n) is 6.42. The number of hydrogen-bond donors (Lipinski definition) is 0. The minimum absolute atomic E-state index is 0.687. The summed E-state index contributed by atoms with van der Waals surface area (Å²) in [7, 11) is 0. The van der Waals surface area contributed by atoms with E-state index in [1.54, 1.807) is 0 Å². The molecule has 0 aliphatic carbocycles. The molecule has 2 aliphatic heterocycles. The predicted molar refractivity (Wildman–Crippen MR) is 78.6 cm³/mol. The fourth-order valence-corrected chi connectivity index (χ4v) is 3.23. The number of piperazine rings is 1. The molecule has 2 aliphatic rings. The van der Waals surface area contributed by atoms with Gasteiger partial charge in [-0.2, -0.15) is 0 Å². The van der Waals surface area contributed by atoms with Crippen LogP contribution in [-0.4, -0.2) is 71.2 Å². The van der Waals surface area contributed by atoms with Crippen molar-refractivity contribution in [2.24, 2.45) is 0 Å². The topological polar surface area (TPSA) is 35.8 Å². The number of aromatic nitrogens is 1. The Morgan fingerprint density at radius 3 is 2.50 bits per heavy atom. The van der Waals surface area contributed by atoms with E-state index in [4.69, 9.17) is 4.52 Å². The molecule has 112 valence electrons. The summed E-state index contributed by atoms with van der Waals surface area (Å²) in [5.74, 6) is 0.957. The van der Waals surface area contributed by atoms with E-state index in [1.165, 1.54) is 44.8 Å². The van der Waals surface area contributed by atoms with Gasteiger partial charge in [0.1, 0.15) is 5.76 Å². The molecule has 0 atom stereocenters. The van der Waals surface area contributed by atoms with Crippen molar-refractivity contribution < 1.29 is 4.52 Å². The van der Waals surface area contributed by atoms with E-state index in [0.29, 0.717) is 6.04 Å². The van der Waals surface area contributed by atoms with Gasteiger partial charge in [-0.15, -0.1) is 0 Å². The Morgan fingerprint density at radius 1 is 1.25 bits per heavy atom. The van der Waals surface area contributed by atoms with Gasteiger partial charge in [-0.05, 0) is 20.8 Å². The summed E-state index contributed by atoms with van der Waals surface area (Å²) in [6, 6.07) is 1.44. The Balaban J connectivity index is 1.41. The average molecular weight is 278 g/mol. The molecule has 0 radical (unpaired) electrons. The Hall–Kier alpha value is -0.910. The summed E-state index contributed by atoms with van der Waals surface area (Å²) >= 11 is 0. The molecular weight excluding hydrogens is 252 g/mol. The first-order valence-electron chi connectivity index (χ1n) is 7.74. The summed E-state index contributed by atoms with van der Waals surface area (Å²) < 4.78 is 5.12. The normalized spacial score (nSPS) is 23.4. The van der Waals surface area contributed by atoms with Crippen LogP contribution in [0.3, 0.4) is 0 Å². The summed E-state index contributed by atoms with van der Waals surface area (Å²) in [5.41, 5.74) is 1.23. The van der Waals surface area contributed by atoms with E-state index in [1.807, 2.05) is 13.1 Å². The molecule has 2 fully saturated rings. The van der Waals surface area contributed by atoms with Gasteiger partial charge in [0.25, 0.3) is 0 Å². The third-order valence-corrected chi connectivity index (χ3v) is 4.78. The van der Waals surface area contributed by atoms with Crippen LogP contribution in [-0.2, 0) is 6.54 Å². The van der Waals surface area contributed by atoms with Crippen molar-refractivity contribution in [2.75, 3.05) is 39.3 Å². The van der Waals surface area contributed by atoms with Gasteiger partial charge in [0.15, 0.2) is 0 Å². The van der Waals surface area contributed by atoms with Crippen LogP contribution in [0.4, 0.5) is 0 Å². The fraction of sp³-hybridized carbons (Fsp3) is 0.800. The summed E-state index contributed by atoms with van der Waals surface area (Å²) in [6.07, 6.45) is 1.85. The monoisotopic (exact) mass is 278 g/mol. The molecule has 3 heterocycles. The lowest BCUT2D eigenvalue weighted by molar-refractivity contribution is -0.00427. The Kier molecular flexibility index (Phi) is 4.10. The SMILES string of the molecule is Cc1oncc1CN1CC(N2CCN(C(C)C)CC2)C1. The molecule has 1 aromatic heterocycles. The highest BCUT2D eigenvalue weighted by atomic mass is 16.5. The largest absolute Gasteiger partial charge is 0.361 e. The number of hydrogen-bond acceptors (Lipinski definition) is 5. The fourth-order valence-electron chi connectivity index (χ4n) is 3.23. The second-order valence-corrected chi connectivity index (χ2v) is 6.42. The van der Waals surface area contributed by atoms with E-state index in [0.717, 1.165) is 18.3 Å². The maximum Gasteiger partial charge on any atom is 0.138 e. The van der Waals surface area contributed by atoms with Crippen molar-refractivity contribution in [3.63, 3.8) is 0 Å². The van der Waals surface area contributed by atoms with Crippen molar-refractivity contribution in [1.29, 1.82) is 0 Å². The molecule has 0 unspecified atom stereocenters. The molecule has 0 saturated carbocycles. The van der Waals surface area contributed by atoms with Crippen molar-refractivity contribution in [3.8, 4) is 0 Å². The van der Waals surface area contributed by atoms with Crippen LogP contribution in [0, 0.1) is 6.92 Å². The van der Waals surface area contributed by atoms with E-state index in [9.17, 15) is 0 Å². The first-order valence-corrected chi connectivity index (χ1v) is 7.74. The van der Waals surface area contributed by atoms with E-state index in [2.05, 4.69) is 33.7 Å². The molecular formula is C15H26N4O. The van der Waals surface area contributed by atoms with E-state index in [-0.39, 0.29) is 0 Å². The molecule has 5 heteroatoms. The minimum atomic E-state index is 0.687. The molecule has 0 N–H and O–H groups in total. The van der Waals surface area contributed by atoms with Crippen LogP contribution in [0.5, 0.6) is 0 Å². The van der Waals surface area contributed by atoms with Gasteiger partial charge in [-0.1, -0.05) is 5.16 Å². The molecule has 0 aromatic carbocycles. The molecule has 5 nitrogen and oxygen atoms in total. The lowest BCUT2D eigenvalue weighted by Crippen LogP contribution is -2.63. The van der Waals surface area contributed by atoms with Crippen LogP contribution >= 0.6 is 0 Å².